The van der Waals surface area contributed by atoms with E-state index in [4.69, 9.17) is 0 Å². The van der Waals surface area contributed by atoms with Gasteiger partial charge in [-0.05, 0) is 35.1 Å². The van der Waals surface area contributed by atoms with E-state index in [1.54, 1.807) is 0 Å². The van der Waals surface area contributed by atoms with Crippen LogP contribution < -0.4 is 15.7 Å². The summed E-state index contributed by atoms with van der Waals surface area (Å²) < 4.78 is 24.3. The molecular formula is C13H15N2O6S2-. The predicted octanol–water partition coefficient (Wildman–Crippen LogP) is -0.678. The highest BCUT2D eigenvalue weighted by Gasteiger charge is 2.20. The average molecular weight is 359 g/mol. The molecule has 0 aliphatic carbocycles. The number of carboxylic acids is 1. The second kappa shape index (κ2) is 7.97. The molecule has 1 aromatic rings. The standard InChI is InChI=1S/C13H16N2O6S2/c1-8(16)14-10-3-5-11(6-4-10)23(20,21)22-7-12(13(18)19)15-9(2)17/h3-6,12H,7H2,1-2H3,(H,14,16)(H,15,17)(H,18,19)/p-1/t12-/m1/s1. The highest BCUT2D eigenvalue weighted by Crippen LogP contribution is 2.25. The van der Waals surface area contributed by atoms with Crippen LogP contribution in [0.2, 0.25) is 0 Å². The topological polar surface area (TPSA) is 132 Å². The van der Waals surface area contributed by atoms with Crippen molar-refractivity contribution in [2.24, 2.45) is 0 Å². The van der Waals surface area contributed by atoms with Crippen molar-refractivity contribution in [3.05, 3.63) is 24.3 Å². The lowest BCUT2D eigenvalue weighted by molar-refractivity contribution is -0.307. The molecule has 0 unspecified atom stereocenters. The van der Waals surface area contributed by atoms with Gasteiger partial charge >= 0.3 is 0 Å². The molecule has 1 atom stereocenters. The molecule has 10 heteroatoms. The number of amides is 2. The molecule has 0 fully saturated rings. The van der Waals surface area contributed by atoms with Gasteiger partial charge in [-0.15, -0.1) is 0 Å². The normalized spacial score (nSPS) is 12.3. The third-order valence-electron chi connectivity index (χ3n) is 2.52. The second-order valence-corrected chi connectivity index (χ2v) is 8.49. The highest BCUT2D eigenvalue weighted by molar-refractivity contribution is 8.72. The van der Waals surface area contributed by atoms with Crippen molar-refractivity contribution in [3.63, 3.8) is 0 Å². The van der Waals surface area contributed by atoms with E-state index in [0.717, 1.165) is 6.92 Å². The molecular weight excluding hydrogens is 344 g/mol. The molecule has 0 saturated carbocycles. The summed E-state index contributed by atoms with van der Waals surface area (Å²) in [5.41, 5.74) is 0.437. The smallest absolute Gasteiger partial charge is 0.230 e. The zero-order valence-corrected chi connectivity index (χ0v) is 14.0. The lowest BCUT2D eigenvalue weighted by Gasteiger charge is -2.18. The Morgan fingerprint density at radius 1 is 1.13 bits per heavy atom. The summed E-state index contributed by atoms with van der Waals surface area (Å²) >= 11 is 0. The molecule has 8 nitrogen and oxygen atoms in total. The van der Waals surface area contributed by atoms with Crippen molar-refractivity contribution in [3.8, 4) is 0 Å². The number of hydrogen-bond acceptors (Lipinski definition) is 7. The van der Waals surface area contributed by atoms with Crippen molar-refractivity contribution in [2.75, 3.05) is 11.1 Å². The first-order valence-corrected chi connectivity index (χ1v) is 9.35. The summed E-state index contributed by atoms with van der Waals surface area (Å²) in [7, 11) is -3.43. The van der Waals surface area contributed by atoms with E-state index in [1.165, 1.54) is 31.2 Å². The molecule has 0 spiro atoms. The third kappa shape index (κ3) is 6.28. The van der Waals surface area contributed by atoms with Gasteiger partial charge in [0, 0.05) is 25.3 Å². The maximum absolute atomic E-state index is 12.1. The summed E-state index contributed by atoms with van der Waals surface area (Å²) in [6, 6.07) is 4.00. The maximum Gasteiger partial charge on any atom is 0.230 e. The van der Waals surface area contributed by atoms with Gasteiger partial charge in [0.2, 0.25) is 20.7 Å². The monoisotopic (exact) mass is 359 g/mol. The van der Waals surface area contributed by atoms with E-state index < -0.39 is 32.5 Å². The number of carbonyl (C=O) groups is 3. The Kier molecular flexibility index (Phi) is 6.58. The summed E-state index contributed by atoms with van der Waals surface area (Å²) in [4.78, 5) is 32.6. The minimum Gasteiger partial charge on any atom is -0.548 e. The van der Waals surface area contributed by atoms with Crippen molar-refractivity contribution in [2.45, 2.75) is 24.8 Å². The van der Waals surface area contributed by atoms with E-state index in [2.05, 4.69) is 10.6 Å². The second-order valence-electron chi connectivity index (χ2n) is 4.52. The minimum absolute atomic E-state index is 0.0449. The van der Waals surface area contributed by atoms with Crippen LogP contribution in [0.4, 0.5) is 5.69 Å². The molecule has 0 saturated heterocycles. The average Bonchev–Trinajstić information content (AvgIpc) is 2.42. The van der Waals surface area contributed by atoms with Crippen LogP contribution in [0, 0.1) is 0 Å². The van der Waals surface area contributed by atoms with Gasteiger partial charge in [-0.1, -0.05) is 0 Å². The molecule has 1 rings (SSSR count). The Hall–Kier alpha value is -2.07. The summed E-state index contributed by atoms with van der Waals surface area (Å²) in [5.74, 6) is -2.85. The molecule has 2 amide bonds. The number of rotatable bonds is 7. The van der Waals surface area contributed by atoms with Crippen molar-refractivity contribution < 1.29 is 27.9 Å². The van der Waals surface area contributed by atoms with Crippen LogP contribution in [-0.4, -0.2) is 38.0 Å². The number of anilines is 1. The van der Waals surface area contributed by atoms with Crippen LogP contribution in [0.3, 0.4) is 0 Å². The van der Waals surface area contributed by atoms with Gasteiger partial charge in [-0.25, -0.2) is 8.42 Å². The number of benzene rings is 1. The first-order chi connectivity index (χ1) is 10.6. The Morgan fingerprint density at radius 2 is 1.70 bits per heavy atom. The summed E-state index contributed by atoms with van der Waals surface area (Å²) in [5, 5.41) is 15.5. The van der Waals surface area contributed by atoms with Gasteiger partial charge in [-0.3, -0.25) is 9.59 Å². The van der Waals surface area contributed by atoms with Gasteiger partial charge in [0.1, 0.15) is 0 Å². The Balaban J connectivity index is 2.80. The molecule has 23 heavy (non-hydrogen) atoms. The van der Waals surface area contributed by atoms with Crippen molar-refractivity contribution >= 4 is 43.1 Å². The molecule has 0 aromatic heterocycles. The lowest BCUT2D eigenvalue weighted by Crippen LogP contribution is -2.48. The fourth-order valence-corrected chi connectivity index (χ4v) is 4.38. The van der Waals surface area contributed by atoms with Gasteiger partial charge < -0.3 is 20.5 Å². The fraction of sp³-hybridized carbons (Fsp3) is 0.308. The van der Waals surface area contributed by atoms with Gasteiger partial charge in [0.15, 0.2) is 0 Å². The molecule has 126 valence electrons. The zero-order chi connectivity index (χ0) is 17.6. The van der Waals surface area contributed by atoms with Crippen LogP contribution >= 0.6 is 10.8 Å². The summed E-state index contributed by atoms with van der Waals surface area (Å²) in [6.07, 6.45) is 0. The number of carbonyl (C=O) groups excluding carboxylic acids is 3. The Bertz CT molecular complexity index is 700. The predicted molar refractivity (Wildman–Crippen MR) is 83.0 cm³/mol. The van der Waals surface area contributed by atoms with E-state index in [-0.39, 0.29) is 10.8 Å². The van der Waals surface area contributed by atoms with E-state index in [9.17, 15) is 27.9 Å². The highest BCUT2D eigenvalue weighted by atomic mass is 33.1. The van der Waals surface area contributed by atoms with Gasteiger partial charge in [0.05, 0.1) is 16.9 Å². The van der Waals surface area contributed by atoms with Crippen molar-refractivity contribution in [1.29, 1.82) is 0 Å². The van der Waals surface area contributed by atoms with Crippen LogP contribution in [-0.2, 0) is 23.3 Å². The van der Waals surface area contributed by atoms with Crippen LogP contribution in [0.15, 0.2) is 29.2 Å². The fourth-order valence-electron chi connectivity index (χ4n) is 1.55. The Labute approximate surface area is 137 Å². The number of hydrogen-bond donors (Lipinski definition) is 2. The van der Waals surface area contributed by atoms with Crippen LogP contribution in [0.5, 0.6) is 0 Å². The SMILES string of the molecule is CC(=O)Nc1ccc(S(=O)(=O)SC[C@@H](NC(C)=O)C(=O)[O-])cc1. The minimum atomic E-state index is -3.81. The molecule has 0 aliphatic rings. The van der Waals surface area contributed by atoms with Crippen molar-refractivity contribution in [1.82, 2.24) is 5.32 Å². The third-order valence-corrected chi connectivity index (χ3v) is 6.06. The number of aliphatic carboxylic acids is 1. The number of carboxylic acid groups (broad SMARTS) is 1. The van der Waals surface area contributed by atoms with E-state index >= 15 is 0 Å². The van der Waals surface area contributed by atoms with Gasteiger partial charge in [0.25, 0.3) is 0 Å². The van der Waals surface area contributed by atoms with E-state index in [0.29, 0.717) is 16.5 Å². The zero-order valence-electron chi connectivity index (χ0n) is 12.4. The first-order valence-electron chi connectivity index (χ1n) is 6.37. The van der Waals surface area contributed by atoms with Crippen LogP contribution in [0.1, 0.15) is 13.8 Å². The quantitative estimate of drug-likeness (QED) is 0.616. The van der Waals surface area contributed by atoms with Gasteiger partial charge in [-0.2, -0.15) is 0 Å². The van der Waals surface area contributed by atoms with Crippen LogP contribution in [0.25, 0.3) is 0 Å². The molecule has 0 radical (unpaired) electrons. The molecule has 1 aromatic carbocycles. The first kappa shape index (κ1) is 19.0. The lowest BCUT2D eigenvalue weighted by atomic mass is 10.3. The molecule has 2 N–H and O–H groups in total. The van der Waals surface area contributed by atoms with E-state index in [1.807, 2.05) is 0 Å². The number of nitrogens with one attached hydrogen (secondary N) is 2. The summed E-state index contributed by atoms with van der Waals surface area (Å²) in [6.45, 7) is 2.44. The largest absolute Gasteiger partial charge is 0.548 e. The Morgan fingerprint density at radius 3 is 2.13 bits per heavy atom. The molecule has 0 heterocycles. The maximum atomic E-state index is 12.1. The molecule has 0 aliphatic heterocycles. The molecule has 0 bridgehead atoms.